The third-order valence-electron chi connectivity index (χ3n) is 4.35. The van der Waals surface area contributed by atoms with Crippen LogP contribution in [0.4, 0.5) is 5.69 Å². The molecular weight excluding hydrogens is 374 g/mol. The van der Waals surface area contributed by atoms with E-state index in [1.165, 1.54) is 0 Å². The summed E-state index contributed by atoms with van der Waals surface area (Å²) < 4.78 is 5.79. The molecule has 2 amide bonds. The lowest BCUT2D eigenvalue weighted by Gasteiger charge is -2.18. The molecule has 2 aromatic heterocycles. The van der Waals surface area contributed by atoms with E-state index in [0.29, 0.717) is 30.0 Å². The van der Waals surface area contributed by atoms with Gasteiger partial charge in [-0.25, -0.2) is 9.36 Å². The second-order valence-corrected chi connectivity index (χ2v) is 6.18. The summed E-state index contributed by atoms with van der Waals surface area (Å²) in [6, 6.07) is 11.7. The van der Waals surface area contributed by atoms with Gasteiger partial charge >= 0.3 is 5.76 Å². The molecule has 0 aliphatic rings. The third kappa shape index (κ3) is 4.57. The fourth-order valence-electron chi connectivity index (χ4n) is 2.82. The van der Waals surface area contributed by atoms with Crippen LogP contribution in [0.5, 0.6) is 0 Å². The van der Waals surface area contributed by atoms with Gasteiger partial charge in [0.05, 0.1) is 0 Å². The largest absolute Gasteiger partial charge is 0.442 e. The second-order valence-electron chi connectivity index (χ2n) is 6.18. The summed E-state index contributed by atoms with van der Waals surface area (Å²) in [7, 11) is 0. The van der Waals surface area contributed by atoms with E-state index in [2.05, 4.69) is 20.0 Å². The van der Waals surface area contributed by atoms with Crippen LogP contribution in [0.25, 0.3) is 11.5 Å². The molecule has 0 saturated carbocycles. The minimum atomic E-state index is -0.749. The summed E-state index contributed by atoms with van der Waals surface area (Å²) in [5, 5.41) is 6.40. The van der Waals surface area contributed by atoms with Crippen molar-refractivity contribution in [2.45, 2.75) is 20.4 Å². The van der Waals surface area contributed by atoms with Crippen LogP contribution in [0.3, 0.4) is 0 Å². The van der Waals surface area contributed by atoms with Crippen molar-refractivity contribution in [2.75, 3.05) is 18.4 Å². The van der Waals surface area contributed by atoms with Gasteiger partial charge in [0.25, 0.3) is 5.91 Å². The van der Waals surface area contributed by atoms with Crippen LogP contribution in [0.1, 0.15) is 24.2 Å². The molecule has 1 aromatic carbocycles. The molecule has 9 nitrogen and oxygen atoms in total. The van der Waals surface area contributed by atoms with Crippen molar-refractivity contribution < 1.29 is 14.1 Å². The highest BCUT2D eigenvalue weighted by atomic mass is 16.5. The molecule has 150 valence electrons. The van der Waals surface area contributed by atoms with Crippen LogP contribution in [0, 0.1) is 0 Å². The maximum Gasteiger partial charge on any atom is 0.442 e. The SMILES string of the molecule is CCN(CC)C(=O)c1ccc(NC(=O)Cn2c(-c3ccccn3)noc2=O)cc1. The number of pyridine rings is 1. The van der Waals surface area contributed by atoms with Crippen LogP contribution in [-0.2, 0) is 11.3 Å². The standard InChI is InChI=1S/C20H21N5O4/c1-3-24(4-2)19(27)14-8-10-15(11-9-14)22-17(26)13-25-18(23-29-20(25)28)16-7-5-6-12-21-16/h5-12H,3-4,13H2,1-2H3,(H,22,26). The van der Waals surface area contributed by atoms with E-state index in [-0.39, 0.29) is 18.3 Å². The molecule has 2 heterocycles. The summed E-state index contributed by atoms with van der Waals surface area (Å²) >= 11 is 0. The Morgan fingerprint density at radius 1 is 1.10 bits per heavy atom. The summed E-state index contributed by atoms with van der Waals surface area (Å²) in [5.41, 5.74) is 1.47. The van der Waals surface area contributed by atoms with Gasteiger partial charge in [-0.2, -0.15) is 0 Å². The number of carbonyl (C=O) groups is 2. The Balaban J connectivity index is 1.70. The summed E-state index contributed by atoms with van der Waals surface area (Å²) in [6.45, 7) is 4.80. The van der Waals surface area contributed by atoms with E-state index in [0.717, 1.165) is 4.57 Å². The van der Waals surface area contributed by atoms with E-state index in [1.54, 1.807) is 53.6 Å². The molecule has 29 heavy (non-hydrogen) atoms. The first kappa shape index (κ1) is 20.0. The number of anilines is 1. The summed E-state index contributed by atoms with van der Waals surface area (Å²) in [4.78, 5) is 42.5. The van der Waals surface area contributed by atoms with Gasteiger partial charge in [-0.1, -0.05) is 11.2 Å². The Bertz CT molecular complexity index is 1040. The Labute approximate surface area is 167 Å². The highest BCUT2D eigenvalue weighted by Crippen LogP contribution is 2.14. The van der Waals surface area contributed by atoms with Gasteiger partial charge in [-0.15, -0.1) is 0 Å². The summed E-state index contributed by atoms with van der Waals surface area (Å²) in [5.74, 6) is -1.08. The number of nitrogens with zero attached hydrogens (tertiary/aromatic N) is 4. The fourth-order valence-corrected chi connectivity index (χ4v) is 2.82. The van der Waals surface area contributed by atoms with E-state index >= 15 is 0 Å². The zero-order valence-electron chi connectivity index (χ0n) is 16.2. The van der Waals surface area contributed by atoms with Crippen molar-refractivity contribution in [1.29, 1.82) is 0 Å². The lowest BCUT2D eigenvalue weighted by atomic mass is 10.1. The molecule has 0 unspecified atom stereocenters. The molecule has 0 saturated heterocycles. The van der Waals surface area contributed by atoms with Crippen LogP contribution in [0.15, 0.2) is 58.0 Å². The average Bonchev–Trinajstić information content (AvgIpc) is 3.10. The highest BCUT2D eigenvalue weighted by molar-refractivity contribution is 5.95. The average molecular weight is 395 g/mol. The normalized spacial score (nSPS) is 10.6. The molecule has 3 rings (SSSR count). The smallest absolute Gasteiger partial charge is 0.339 e. The first-order chi connectivity index (χ1) is 14.0. The van der Waals surface area contributed by atoms with Gasteiger partial charge in [0, 0.05) is 30.5 Å². The van der Waals surface area contributed by atoms with E-state index in [1.807, 2.05) is 13.8 Å². The zero-order chi connectivity index (χ0) is 20.8. The van der Waals surface area contributed by atoms with Crippen LogP contribution in [0.2, 0.25) is 0 Å². The monoisotopic (exact) mass is 395 g/mol. The van der Waals surface area contributed by atoms with Crippen molar-refractivity contribution >= 4 is 17.5 Å². The minimum Gasteiger partial charge on any atom is -0.339 e. The number of hydrogen-bond donors (Lipinski definition) is 1. The van der Waals surface area contributed by atoms with Crippen LogP contribution >= 0.6 is 0 Å². The minimum absolute atomic E-state index is 0.0658. The van der Waals surface area contributed by atoms with Crippen molar-refractivity contribution in [2.24, 2.45) is 0 Å². The summed E-state index contributed by atoms with van der Waals surface area (Å²) in [6.07, 6.45) is 1.56. The van der Waals surface area contributed by atoms with Crippen LogP contribution in [-0.4, -0.2) is 44.5 Å². The van der Waals surface area contributed by atoms with Gasteiger partial charge in [0.2, 0.25) is 11.7 Å². The molecule has 3 aromatic rings. The molecule has 0 aliphatic carbocycles. The number of aromatic nitrogens is 3. The molecular formula is C20H21N5O4. The maximum absolute atomic E-state index is 12.4. The van der Waals surface area contributed by atoms with E-state index < -0.39 is 11.7 Å². The van der Waals surface area contributed by atoms with Crippen molar-refractivity contribution in [3.8, 4) is 11.5 Å². The zero-order valence-corrected chi connectivity index (χ0v) is 16.2. The number of rotatable bonds is 7. The van der Waals surface area contributed by atoms with Crippen molar-refractivity contribution in [3.63, 3.8) is 0 Å². The fraction of sp³-hybridized carbons (Fsp3) is 0.250. The predicted octanol–water partition coefficient (Wildman–Crippen LogP) is 2.02. The third-order valence-corrected chi connectivity index (χ3v) is 4.35. The number of amides is 2. The van der Waals surface area contributed by atoms with Gasteiger partial charge in [0.1, 0.15) is 12.2 Å². The topological polar surface area (TPSA) is 110 Å². The quantitative estimate of drug-likeness (QED) is 0.655. The molecule has 9 heteroatoms. The Morgan fingerprint density at radius 3 is 2.45 bits per heavy atom. The first-order valence-electron chi connectivity index (χ1n) is 9.20. The second kappa shape index (κ2) is 8.96. The Morgan fingerprint density at radius 2 is 1.83 bits per heavy atom. The number of nitrogens with one attached hydrogen (secondary N) is 1. The Hall–Kier alpha value is -3.75. The molecule has 0 atom stereocenters. The molecule has 0 fully saturated rings. The van der Waals surface area contributed by atoms with Gasteiger partial charge in [-0.05, 0) is 50.2 Å². The van der Waals surface area contributed by atoms with E-state index in [9.17, 15) is 14.4 Å². The molecule has 1 N–H and O–H groups in total. The Kier molecular flexibility index (Phi) is 6.18. The maximum atomic E-state index is 12.4. The lowest BCUT2D eigenvalue weighted by Crippen LogP contribution is -2.30. The van der Waals surface area contributed by atoms with E-state index in [4.69, 9.17) is 0 Å². The van der Waals surface area contributed by atoms with Gasteiger partial charge < -0.3 is 10.2 Å². The highest BCUT2D eigenvalue weighted by Gasteiger charge is 2.17. The first-order valence-corrected chi connectivity index (χ1v) is 9.20. The predicted molar refractivity (Wildman–Crippen MR) is 106 cm³/mol. The van der Waals surface area contributed by atoms with Crippen molar-refractivity contribution in [3.05, 3.63) is 64.8 Å². The lowest BCUT2D eigenvalue weighted by molar-refractivity contribution is -0.116. The van der Waals surface area contributed by atoms with Crippen molar-refractivity contribution in [1.82, 2.24) is 19.6 Å². The number of benzene rings is 1. The molecule has 0 spiro atoms. The molecule has 0 radical (unpaired) electrons. The van der Waals surface area contributed by atoms with Gasteiger partial charge in [0.15, 0.2) is 0 Å². The van der Waals surface area contributed by atoms with Gasteiger partial charge in [-0.3, -0.25) is 19.1 Å². The number of carbonyl (C=O) groups excluding carboxylic acids is 2. The molecule has 0 aliphatic heterocycles. The number of hydrogen-bond acceptors (Lipinski definition) is 6. The van der Waals surface area contributed by atoms with Crippen LogP contribution < -0.4 is 11.1 Å². The molecule has 0 bridgehead atoms.